The van der Waals surface area contributed by atoms with Crippen LogP contribution < -0.4 is 5.32 Å². The standard InChI is InChI=1S/C16H14N4O2/c21-16(15-13-4-2-1-3-11(13)7-8-22-15)18-12-5-6-14-19-17-10-20(14)9-12/h1-6,9-10,15H,7-8H2,(H,18,21)/t15-/m1/s1. The average Bonchev–Trinajstić information content (AvgIpc) is 3.02. The van der Waals surface area contributed by atoms with Crippen LogP contribution in [0.15, 0.2) is 48.9 Å². The van der Waals surface area contributed by atoms with Crippen molar-refractivity contribution in [2.24, 2.45) is 0 Å². The molecule has 0 unspecified atom stereocenters. The molecule has 1 N–H and O–H groups in total. The van der Waals surface area contributed by atoms with Gasteiger partial charge in [0, 0.05) is 6.20 Å². The Hall–Kier alpha value is -2.73. The van der Waals surface area contributed by atoms with Gasteiger partial charge in [-0.25, -0.2) is 0 Å². The fourth-order valence-electron chi connectivity index (χ4n) is 2.72. The number of hydrogen-bond donors (Lipinski definition) is 1. The lowest BCUT2D eigenvalue weighted by Crippen LogP contribution is -2.28. The summed E-state index contributed by atoms with van der Waals surface area (Å²) >= 11 is 0. The van der Waals surface area contributed by atoms with Gasteiger partial charge in [0.2, 0.25) is 0 Å². The molecule has 0 aliphatic carbocycles. The van der Waals surface area contributed by atoms with Crippen molar-refractivity contribution in [3.63, 3.8) is 0 Å². The Morgan fingerprint density at radius 2 is 2.18 bits per heavy atom. The number of nitrogens with one attached hydrogen (secondary N) is 1. The molecular weight excluding hydrogens is 280 g/mol. The molecule has 0 fully saturated rings. The fourth-order valence-corrected chi connectivity index (χ4v) is 2.72. The third kappa shape index (κ3) is 2.23. The molecule has 3 heterocycles. The van der Waals surface area contributed by atoms with E-state index in [-0.39, 0.29) is 5.91 Å². The SMILES string of the molecule is O=C(Nc1ccc2nncn2c1)[C@@H]1OCCc2ccccc21. The largest absolute Gasteiger partial charge is 0.363 e. The van der Waals surface area contributed by atoms with Crippen LogP contribution in [0.1, 0.15) is 17.2 Å². The van der Waals surface area contributed by atoms with E-state index in [2.05, 4.69) is 15.5 Å². The molecule has 1 aliphatic heterocycles. The van der Waals surface area contributed by atoms with Gasteiger partial charge < -0.3 is 10.1 Å². The lowest BCUT2D eigenvalue weighted by Gasteiger charge is -2.25. The Balaban J connectivity index is 1.60. The summed E-state index contributed by atoms with van der Waals surface area (Å²) in [6.07, 6.45) is 3.65. The fraction of sp³-hybridized carbons (Fsp3) is 0.188. The van der Waals surface area contributed by atoms with E-state index in [1.54, 1.807) is 29.1 Å². The van der Waals surface area contributed by atoms with Gasteiger partial charge in [0.25, 0.3) is 5.91 Å². The van der Waals surface area contributed by atoms with Crippen molar-refractivity contribution in [3.8, 4) is 0 Å². The average molecular weight is 294 g/mol. The van der Waals surface area contributed by atoms with E-state index >= 15 is 0 Å². The van der Waals surface area contributed by atoms with Gasteiger partial charge in [-0.15, -0.1) is 10.2 Å². The molecule has 1 aromatic carbocycles. The van der Waals surface area contributed by atoms with E-state index < -0.39 is 6.10 Å². The van der Waals surface area contributed by atoms with Crippen LogP contribution in [0.2, 0.25) is 0 Å². The highest BCUT2D eigenvalue weighted by molar-refractivity contribution is 5.95. The van der Waals surface area contributed by atoms with Gasteiger partial charge in [0.05, 0.1) is 12.3 Å². The quantitative estimate of drug-likeness (QED) is 0.784. The highest BCUT2D eigenvalue weighted by Crippen LogP contribution is 2.28. The molecule has 4 rings (SSSR count). The minimum absolute atomic E-state index is 0.167. The molecule has 3 aromatic rings. The number of ether oxygens (including phenoxy) is 1. The highest BCUT2D eigenvalue weighted by Gasteiger charge is 2.27. The van der Waals surface area contributed by atoms with Crippen molar-refractivity contribution in [1.29, 1.82) is 0 Å². The predicted molar refractivity (Wildman–Crippen MR) is 80.5 cm³/mol. The molecule has 0 spiro atoms. The number of carbonyl (C=O) groups is 1. The number of pyridine rings is 1. The highest BCUT2D eigenvalue weighted by atomic mass is 16.5. The maximum atomic E-state index is 12.5. The number of aromatic nitrogens is 3. The number of amides is 1. The molecule has 0 radical (unpaired) electrons. The molecule has 0 bridgehead atoms. The first-order chi connectivity index (χ1) is 10.8. The van der Waals surface area contributed by atoms with E-state index in [1.165, 1.54) is 5.56 Å². The molecule has 6 nitrogen and oxygen atoms in total. The molecule has 0 saturated heterocycles. The first-order valence-corrected chi connectivity index (χ1v) is 7.11. The Bertz CT molecular complexity index is 843. The lowest BCUT2D eigenvalue weighted by molar-refractivity contribution is -0.128. The van der Waals surface area contributed by atoms with Crippen molar-refractivity contribution in [3.05, 3.63) is 60.0 Å². The van der Waals surface area contributed by atoms with E-state index in [9.17, 15) is 4.79 Å². The van der Waals surface area contributed by atoms with Crippen LogP contribution in [0.5, 0.6) is 0 Å². The van der Waals surface area contributed by atoms with Crippen molar-refractivity contribution in [2.45, 2.75) is 12.5 Å². The van der Waals surface area contributed by atoms with Crippen LogP contribution in [0, 0.1) is 0 Å². The number of nitrogens with zero attached hydrogens (tertiary/aromatic N) is 3. The smallest absolute Gasteiger partial charge is 0.258 e. The molecule has 1 atom stereocenters. The third-order valence-corrected chi connectivity index (χ3v) is 3.79. The number of fused-ring (bicyclic) bond motifs is 2. The summed E-state index contributed by atoms with van der Waals surface area (Å²) in [5, 5.41) is 10.6. The first-order valence-electron chi connectivity index (χ1n) is 7.11. The monoisotopic (exact) mass is 294 g/mol. The molecule has 1 amide bonds. The topological polar surface area (TPSA) is 68.5 Å². The van der Waals surface area contributed by atoms with Gasteiger partial charge in [0.15, 0.2) is 11.8 Å². The molecule has 2 aromatic heterocycles. The summed E-state index contributed by atoms with van der Waals surface area (Å²) in [4.78, 5) is 12.5. The van der Waals surface area contributed by atoms with Gasteiger partial charge in [-0.3, -0.25) is 9.20 Å². The van der Waals surface area contributed by atoms with Crippen molar-refractivity contribution in [1.82, 2.24) is 14.6 Å². The van der Waals surface area contributed by atoms with E-state index in [0.717, 1.165) is 17.6 Å². The zero-order valence-corrected chi connectivity index (χ0v) is 11.8. The normalized spacial score (nSPS) is 17.2. The summed E-state index contributed by atoms with van der Waals surface area (Å²) in [6.45, 7) is 0.555. The predicted octanol–water partition coefficient (Wildman–Crippen LogP) is 1.98. The number of benzene rings is 1. The summed E-state index contributed by atoms with van der Waals surface area (Å²) in [6, 6.07) is 11.5. The van der Waals surface area contributed by atoms with Gasteiger partial charge in [-0.1, -0.05) is 24.3 Å². The summed E-state index contributed by atoms with van der Waals surface area (Å²) in [5.41, 5.74) is 3.53. The summed E-state index contributed by atoms with van der Waals surface area (Å²) < 4.78 is 7.42. The minimum Gasteiger partial charge on any atom is -0.363 e. The molecule has 22 heavy (non-hydrogen) atoms. The lowest BCUT2D eigenvalue weighted by atomic mass is 9.97. The second kappa shape index (κ2) is 5.23. The minimum atomic E-state index is -0.568. The molecule has 1 aliphatic rings. The maximum Gasteiger partial charge on any atom is 0.258 e. The zero-order valence-electron chi connectivity index (χ0n) is 11.8. The van der Waals surface area contributed by atoms with Gasteiger partial charge in [0.1, 0.15) is 6.33 Å². The molecule has 0 saturated carbocycles. The second-order valence-electron chi connectivity index (χ2n) is 5.20. The number of carbonyl (C=O) groups excluding carboxylic acids is 1. The number of anilines is 1. The number of hydrogen-bond acceptors (Lipinski definition) is 4. The van der Waals surface area contributed by atoms with Crippen LogP contribution in [0.3, 0.4) is 0 Å². The van der Waals surface area contributed by atoms with Gasteiger partial charge >= 0.3 is 0 Å². The Morgan fingerprint density at radius 1 is 1.27 bits per heavy atom. The molecule has 6 heteroatoms. The molecule has 110 valence electrons. The first kappa shape index (κ1) is 13.0. The Morgan fingerprint density at radius 3 is 3.14 bits per heavy atom. The number of rotatable bonds is 2. The van der Waals surface area contributed by atoms with Crippen LogP contribution in [0.25, 0.3) is 5.65 Å². The molecular formula is C16H14N4O2. The van der Waals surface area contributed by atoms with E-state index in [4.69, 9.17) is 4.74 Å². The van der Waals surface area contributed by atoms with Gasteiger partial charge in [-0.05, 0) is 29.7 Å². The van der Waals surface area contributed by atoms with Crippen LogP contribution >= 0.6 is 0 Å². The summed E-state index contributed by atoms with van der Waals surface area (Å²) in [5.74, 6) is -0.167. The van der Waals surface area contributed by atoms with Crippen LogP contribution in [0.4, 0.5) is 5.69 Å². The zero-order chi connectivity index (χ0) is 14.9. The second-order valence-corrected chi connectivity index (χ2v) is 5.20. The maximum absolute atomic E-state index is 12.5. The van der Waals surface area contributed by atoms with E-state index in [0.29, 0.717) is 12.3 Å². The third-order valence-electron chi connectivity index (χ3n) is 3.79. The van der Waals surface area contributed by atoms with Gasteiger partial charge in [-0.2, -0.15) is 0 Å². The summed E-state index contributed by atoms with van der Waals surface area (Å²) in [7, 11) is 0. The Labute approximate surface area is 126 Å². The Kier molecular flexibility index (Phi) is 3.08. The van der Waals surface area contributed by atoms with Crippen molar-refractivity contribution < 1.29 is 9.53 Å². The van der Waals surface area contributed by atoms with Crippen LogP contribution in [-0.2, 0) is 16.0 Å². The van der Waals surface area contributed by atoms with Crippen LogP contribution in [-0.4, -0.2) is 27.1 Å². The van der Waals surface area contributed by atoms with E-state index in [1.807, 2.05) is 24.3 Å². The van der Waals surface area contributed by atoms with Crippen molar-refractivity contribution >= 4 is 17.2 Å². The van der Waals surface area contributed by atoms with Crippen molar-refractivity contribution in [2.75, 3.05) is 11.9 Å².